The SMILES string of the molecule is CC(C)C[C@@H](C(=O)NN1C(=O)NC2(CCN(C)CC2)C1=O)[C@H](CCCc1ccccc1)C(=O)OC(C)(C)C. The third kappa shape index (κ3) is 7.56. The first kappa shape index (κ1) is 29.6. The highest BCUT2D eigenvalue weighted by molar-refractivity contribution is 6.08. The standard InChI is InChI=1S/C29H44N4O5/c1-20(2)19-23(22(25(35)38-28(3,4)5)14-10-13-21-11-8-7-9-12-21)24(34)31-33-26(36)29(30-27(33)37)15-17-32(6)18-16-29/h7-9,11-12,20,22-23H,10,13-19H2,1-6H3,(H,30,37)(H,31,34)/t22-,23+/m0/s1. The number of nitrogens with one attached hydrogen (secondary N) is 2. The van der Waals surface area contributed by atoms with Gasteiger partial charge in [0.05, 0.1) is 11.8 Å². The van der Waals surface area contributed by atoms with Gasteiger partial charge >= 0.3 is 12.0 Å². The van der Waals surface area contributed by atoms with E-state index in [1.807, 2.05) is 51.2 Å². The first-order valence-corrected chi connectivity index (χ1v) is 13.7. The molecule has 38 heavy (non-hydrogen) atoms. The number of hydrogen-bond donors (Lipinski definition) is 2. The number of nitrogens with zero attached hydrogens (tertiary/aromatic N) is 2. The molecule has 1 spiro atoms. The number of benzene rings is 1. The number of amides is 4. The topological polar surface area (TPSA) is 108 Å². The van der Waals surface area contributed by atoms with Crippen LogP contribution in [0.4, 0.5) is 4.79 Å². The second-order valence-corrected chi connectivity index (χ2v) is 12.2. The second-order valence-electron chi connectivity index (χ2n) is 12.2. The van der Waals surface area contributed by atoms with Crippen LogP contribution in [-0.4, -0.2) is 65.0 Å². The fraction of sp³-hybridized carbons (Fsp3) is 0.655. The van der Waals surface area contributed by atoms with Gasteiger partial charge in [0.25, 0.3) is 5.91 Å². The molecule has 4 amide bonds. The summed E-state index contributed by atoms with van der Waals surface area (Å²) in [5.41, 5.74) is 2.04. The van der Waals surface area contributed by atoms with Crippen LogP contribution in [0.3, 0.4) is 0 Å². The van der Waals surface area contributed by atoms with Crippen molar-refractivity contribution in [1.82, 2.24) is 20.7 Å². The predicted molar refractivity (Wildman–Crippen MR) is 145 cm³/mol. The van der Waals surface area contributed by atoms with E-state index < -0.39 is 46.8 Å². The van der Waals surface area contributed by atoms with Gasteiger partial charge in [0.1, 0.15) is 11.1 Å². The Hall–Kier alpha value is -2.94. The van der Waals surface area contributed by atoms with E-state index in [0.717, 1.165) is 17.0 Å². The maximum Gasteiger partial charge on any atom is 0.344 e. The van der Waals surface area contributed by atoms with E-state index >= 15 is 0 Å². The first-order chi connectivity index (χ1) is 17.8. The molecule has 2 saturated heterocycles. The zero-order valence-electron chi connectivity index (χ0n) is 23.7. The summed E-state index contributed by atoms with van der Waals surface area (Å²) in [4.78, 5) is 55.3. The van der Waals surface area contributed by atoms with E-state index in [1.165, 1.54) is 0 Å². The van der Waals surface area contributed by atoms with Crippen molar-refractivity contribution in [2.24, 2.45) is 17.8 Å². The summed E-state index contributed by atoms with van der Waals surface area (Å²) in [6, 6.07) is 9.36. The van der Waals surface area contributed by atoms with Gasteiger partial charge < -0.3 is 15.0 Å². The van der Waals surface area contributed by atoms with Crippen LogP contribution in [0.2, 0.25) is 0 Å². The van der Waals surface area contributed by atoms with Gasteiger partial charge in [-0.25, -0.2) is 4.79 Å². The maximum atomic E-state index is 13.7. The Bertz CT molecular complexity index is 996. The summed E-state index contributed by atoms with van der Waals surface area (Å²) in [7, 11) is 1.97. The first-order valence-electron chi connectivity index (χ1n) is 13.7. The lowest BCUT2D eigenvalue weighted by atomic mass is 9.81. The molecule has 2 heterocycles. The maximum absolute atomic E-state index is 13.7. The van der Waals surface area contributed by atoms with Crippen molar-refractivity contribution in [2.75, 3.05) is 20.1 Å². The number of carbonyl (C=O) groups is 4. The molecule has 2 fully saturated rings. The summed E-state index contributed by atoms with van der Waals surface area (Å²) in [6.07, 6.45) is 3.28. The average molecular weight is 529 g/mol. The van der Waals surface area contributed by atoms with Gasteiger partial charge in [-0.05, 0) is 77.8 Å². The quantitative estimate of drug-likeness (QED) is 0.354. The number of rotatable bonds is 10. The minimum atomic E-state index is -0.995. The van der Waals surface area contributed by atoms with E-state index in [2.05, 4.69) is 15.6 Å². The van der Waals surface area contributed by atoms with Crippen molar-refractivity contribution in [3.63, 3.8) is 0 Å². The van der Waals surface area contributed by atoms with Gasteiger partial charge in [-0.15, -0.1) is 0 Å². The molecule has 1 aromatic rings. The smallest absolute Gasteiger partial charge is 0.344 e. The normalized spacial score (nSPS) is 19.4. The van der Waals surface area contributed by atoms with Crippen LogP contribution < -0.4 is 10.7 Å². The number of aryl methyl sites for hydroxylation is 1. The highest BCUT2D eigenvalue weighted by Gasteiger charge is 2.53. The highest BCUT2D eigenvalue weighted by Crippen LogP contribution is 2.31. The van der Waals surface area contributed by atoms with Crippen molar-refractivity contribution in [2.45, 2.75) is 84.3 Å². The zero-order chi connectivity index (χ0) is 28.1. The molecule has 0 bridgehead atoms. The molecule has 2 aliphatic rings. The Morgan fingerprint density at radius 3 is 2.29 bits per heavy atom. The Morgan fingerprint density at radius 1 is 1.08 bits per heavy atom. The monoisotopic (exact) mass is 528 g/mol. The van der Waals surface area contributed by atoms with Crippen LogP contribution >= 0.6 is 0 Å². The molecule has 0 aromatic heterocycles. The molecule has 2 aliphatic heterocycles. The van der Waals surface area contributed by atoms with Crippen LogP contribution in [0, 0.1) is 17.8 Å². The summed E-state index contributed by atoms with van der Waals surface area (Å²) >= 11 is 0. The predicted octanol–water partition coefficient (Wildman–Crippen LogP) is 3.68. The molecule has 2 atom stereocenters. The van der Waals surface area contributed by atoms with E-state index in [1.54, 1.807) is 20.8 Å². The fourth-order valence-corrected chi connectivity index (χ4v) is 5.25. The van der Waals surface area contributed by atoms with Gasteiger partial charge in [0, 0.05) is 13.1 Å². The Labute approximate surface area is 226 Å². The number of likely N-dealkylation sites (tertiary alicyclic amines) is 1. The Morgan fingerprint density at radius 2 is 1.71 bits per heavy atom. The summed E-state index contributed by atoms with van der Waals surface area (Å²) in [5.74, 6) is -2.75. The summed E-state index contributed by atoms with van der Waals surface area (Å²) in [5, 5.41) is 3.63. The summed E-state index contributed by atoms with van der Waals surface area (Å²) < 4.78 is 5.74. The number of urea groups is 1. The number of esters is 1. The molecule has 3 rings (SSSR count). The lowest BCUT2D eigenvalue weighted by molar-refractivity contribution is -0.165. The van der Waals surface area contributed by atoms with E-state index in [0.29, 0.717) is 45.2 Å². The number of hydrogen-bond acceptors (Lipinski definition) is 6. The zero-order valence-corrected chi connectivity index (χ0v) is 23.7. The van der Waals surface area contributed by atoms with Gasteiger partial charge in [-0.3, -0.25) is 19.8 Å². The second kappa shape index (κ2) is 12.3. The van der Waals surface area contributed by atoms with Crippen molar-refractivity contribution in [3.05, 3.63) is 35.9 Å². The van der Waals surface area contributed by atoms with Gasteiger partial charge in [0.15, 0.2) is 0 Å². The Balaban J connectivity index is 1.79. The minimum absolute atomic E-state index is 0.105. The van der Waals surface area contributed by atoms with Crippen LogP contribution in [0.1, 0.15) is 72.3 Å². The van der Waals surface area contributed by atoms with E-state index in [9.17, 15) is 19.2 Å². The lowest BCUT2D eigenvalue weighted by Gasteiger charge is -2.35. The Kier molecular flexibility index (Phi) is 9.57. The third-order valence-electron chi connectivity index (χ3n) is 7.31. The van der Waals surface area contributed by atoms with Crippen LogP contribution in [0.15, 0.2) is 30.3 Å². The van der Waals surface area contributed by atoms with Crippen LogP contribution in [-0.2, 0) is 25.5 Å². The molecule has 0 radical (unpaired) electrons. The molecule has 2 N–H and O–H groups in total. The molecular weight excluding hydrogens is 484 g/mol. The van der Waals surface area contributed by atoms with Gasteiger partial charge in [0.2, 0.25) is 5.91 Å². The number of ether oxygens (including phenoxy) is 1. The van der Waals surface area contributed by atoms with Crippen molar-refractivity contribution in [1.29, 1.82) is 0 Å². The lowest BCUT2D eigenvalue weighted by Crippen LogP contribution is -2.56. The van der Waals surface area contributed by atoms with Gasteiger partial charge in [-0.2, -0.15) is 5.01 Å². The average Bonchev–Trinajstić information content (AvgIpc) is 3.06. The minimum Gasteiger partial charge on any atom is -0.460 e. The number of imide groups is 1. The molecule has 9 nitrogen and oxygen atoms in total. The highest BCUT2D eigenvalue weighted by atomic mass is 16.6. The van der Waals surface area contributed by atoms with Crippen molar-refractivity contribution in [3.8, 4) is 0 Å². The molecule has 9 heteroatoms. The summed E-state index contributed by atoms with van der Waals surface area (Å²) in [6.45, 7) is 10.7. The molecule has 1 aromatic carbocycles. The third-order valence-corrected chi connectivity index (χ3v) is 7.31. The van der Waals surface area contributed by atoms with Crippen LogP contribution in [0.5, 0.6) is 0 Å². The van der Waals surface area contributed by atoms with Crippen LogP contribution in [0.25, 0.3) is 0 Å². The van der Waals surface area contributed by atoms with Crippen molar-refractivity contribution >= 4 is 23.8 Å². The van der Waals surface area contributed by atoms with Crippen molar-refractivity contribution < 1.29 is 23.9 Å². The molecule has 0 aliphatic carbocycles. The fourth-order valence-electron chi connectivity index (χ4n) is 5.25. The molecular formula is C29H44N4O5. The van der Waals surface area contributed by atoms with E-state index in [4.69, 9.17) is 4.74 Å². The largest absolute Gasteiger partial charge is 0.460 e. The molecule has 210 valence electrons. The molecule has 0 saturated carbocycles. The number of hydrazine groups is 1. The number of piperidine rings is 1. The number of carbonyl (C=O) groups excluding carboxylic acids is 4. The van der Waals surface area contributed by atoms with Gasteiger partial charge in [-0.1, -0.05) is 44.2 Å². The molecule has 0 unspecified atom stereocenters. The van der Waals surface area contributed by atoms with E-state index in [-0.39, 0.29) is 5.92 Å².